The van der Waals surface area contributed by atoms with E-state index >= 15 is 0 Å². The summed E-state index contributed by atoms with van der Waals surface area (Å²) in [6.07, 6.45) is 8.24. The van der Waals surface area contributed by atoms with Crippen LogP contribution in [0.2, 0.25) is 0 Å². The van der Waals surface area contributed by atoms with E-state index in [0.717, 1.165) is 32.3 Å². The highest BCUT2D eigenvalue weighted by Crippen LogP contribution is 2.15. The molecule has 2 aliphatic heterocycles. The fraction of sp³-hybridized carbons (Fsp3) is 0.667. The van der Waals surface area contributed by atoms with E-state index in [4.69, 9.17) is 4.74 Å². The van der Waals surface area contributed by atoms with Gasteiger partial charge >= 0.3 is 0 Å². The number of piperidine rings is 1. The Bertz CT molecular complexity index is 537. The Morgan fingerprint density at radius 3 is 3.09 bits per heavy atom. The van der Waals surface area contributed by atoms with E-state index < -0.39 is 0 Å². The first-order valence-corrected chi connectivity index (χ1v) is 7.92. The van der Waals surface area contributed by atoms with Crippen LogP contribution in [-0.2, 0) is 20.9 Å². The molecule has 22 heavy (non-hydrogen) atoms. The molecule has 1 aromatic heterocycles. The summed E-state index contributed by atoms with van der Waals surface area (Å²) in [5.74, 6) is -0.109. The molecular formula is C15H22N4O3. The lowest BCUT2D eigenvalue weighted by molar-refractivity contribution is -0.136. The molecule has 2 fully saturated rings. The van der Waals surface area contributed by atoms with E-state index in [1.165, 1.54) is 0 Å². The second kappa shape index (κ2) is 6.91. The quantitative estimate of drug-likeness (QED) is 0.881. The lowest BCUT2D eigenvalue weighted by Crippen LogP contribution is -2.40. The fourth-order valence-corrected chi connectivity index (χ4v) is 2.93. The van der Waals surface area contributed by atoms with Crippen molar-refractivity contribution in [3.8, 4) is 0 Å². The topological polar surface area (TPSA) is 76.5 Å². The SMILES string of the molecule is O=C(CN1CCCCC1=O)Nc1cnn(CC2CCCO2)c1. The number of aromatic nitrogens is 2. The van der Waals surface area contributed by atoms with Crippen molar-refractivity contribution in [2.75, 3.05) is 25.0 Å². The molecule has 1 unspecified atom stereocenters. The largest absolute Gasteiger partial charge is 0.376 e. The number of ether oxygens (including phenoxy) is 1. The van der Waals surface area contributed by atoms with Crippen LogP contribution in [0.1, 0.15) is 32.1 Å². The van der Waals surface area contributed by atoms with Gasteiger partial charge in [0.2, 0.25) is 11.8 Å². The first-order chi connectivity index (χ1) is 10.7. The normalized spacial score (nSPS) is 22.1. The van der Waals surface area contributed by atoms with Crippen LogP contribution < -0.4 is 5.32 Å². The van der Waals surface area contributed by atoms with Crippen LogP contribution in [0, 0.1) is 0 Å². The zero-order valence-electron chi connectivity index (χ0n) is 12.7. The third-order valence-corrected chi connectivity index (χ3v) is 4.09. The van der Waals surface area contributed by atoms with Gasteiger partial charge in [0.05, 0.1) is 31.1 Å². The Kier molecular flexibility index (Phi) is 4.72. The zero-order valence-corrected chi connectivity index (χ0v) is 12.7. The highest BCUT2D eigenvalue weighted by Gasteiger charge is 2.21. The molecule has 1 aromatic rings. The third kappa shape index (κ3) is 3.85. The lowest BCUT2D eigenvalue weighted by Gasteiger charge is -2.25. The van der Waals surface area contributed by atoms with Gasteiger partial charge in [-0.05, 0) is 25.7 Å². The van der Waals surface area contributed by atoms with E-state index in [2.05, 4.69) is 10.4 Å². The average molecular weight is 306 g/mol. The average Bonchev–Trinajstić information content (AvgIpc) is 3.14. The van der Waals surface area contributed by atoms with Crippen molar-refractivity contribution in [1.29, 1.82) is 0 Å². The monoisotopic (exact) mass is 306 g/mol. The molecule has 1 atom stereocenters. The highest BCUT2D eigenvalue weighted by atomic mass is 16.5. The minimum absolute atomic E-state index is 0.0653. The molecular weight excluding hydrogens is 284 g/mol. The van der Waals surface area contributed by atoms with Crippen LogP contribution >= 0.6 is 0 Å². The summed E-state index contributed by atoms with van der Waals surface area (Å²) in [6, 6.07) is 0. The van der Waals surface area contributed by atoms with Crippen molar-refractivity contribution in [3.05, 3.63) is 12.4 Å². The predicted molar refractivity (Wildman–Crippen MR) is 80.3 cm³/mol. The predicted octanol–water partition coefficient (Wildman–Crippen LogP) is 1.01. The minimum Gasteiger partial charge on any atom is -0.376 e. The van der Waals surface area contributed by atoms with Gasteiger partial charge in [0, 0.05) is 25.8 Å². The maximum Gasteiger partial charge on any atom is 0.244 e. The third-order valence-electron chi connectivity index (χ3n) is 4.09. The summed E-state index contributed by atoms with van der Waals surface area (Å²) in [5.41, 5.74) is 0.660. The van der Waals surface area contributed by atoms with Gasteiger partial charge in [-0.3, -0.25) is 14.3 Å². The van der Waals surface area contributed by atoms with E-state index in [1.807, 2.05) is 0 Å². The number of rotatable bonds is 5. The summed E-state index contributed by atoms with van der Waals surface area (Å²) in [6.45, 7) is 2.32. The van der Waals surface area contributed by atoms with Gasteiger partial charge in [-0.15, -0.1) is 0 Å². The van der Waals surface area contributed by atoms with Crippen molar-refractivity contribution in [1.82, 2.24) is 14.7 Å². The van der Waals surface area contributed by atoms with Crippen molar-refractivity contribution in [2.24, 2.45) is 0 Å². The van der Waals surface area contributed by atoms with Gasteiger partial charge in [0.25, 0.3) is 0 Å². The van der Waals surface area contributed by atoms with Gasteiger partial charge < -0.3 is 15.0 Å². The van der Waals surface area contributed by atoms with Crippen LogP contribution in [0.4, 0.5) is 5.69 Å². The Labute approximate surface area is 129 Å². The molecule has 2 amide bonds. The number of carbonyl (C=O) groups is 2. The second-order valence-corrected chi connectivity index (χ2v) is 5.91. The molecule has 0 bridgehead atoms. The molecule has 1 N–H and O–H groups in total. The molecule has 7 heteroatoms. The second-order valence-electron chi connectivity index (χ2n) is 5.91. The molecule has 120 valence electrons. The summed E-state index contributed by atoms with van der Waals surface area (Å²) in [4.78, 5) is 25.3. The summed E-state index contributed by atoms with van der Waals surface area (Å²) in [7, 11) is 0. The van der Waals surface area contributed by atoms with Crippen LogP contribution in [0.3, 0.4) is 0 Å². The first-order valence-electron chi connectivity index (χ1n) is 7.92. The fourth-order valence-electron chi connectivity index (χ4n) is 2.93. The maximum atomic E-state index is 12.0. The van der Waals surface area contributed by atoms with E-state index in [0.29, 0.717) is 25.2 Å². The number of likely N-dealkylation sites (tertiary alicyclic amines) is 1. The summed E-state index contributed by atoms with van der Waals surface area (Å²) >= 11 is 0. The molecule has 0 saturated carbocycles. The molecule has 0 aliphatic carbocycles. The Hall–Kier alpha value is -1.89. The van der Waals surface area contributed by atoms with Gasteiger partial charge in [-0.25, -0.2) is 0 Å². The minimum atomic E-state index is -0.174. The Balaban J connectivity index is 1.48. The van der Waals surface area contributed by atoms with Crippen LogP contribution in [0.15, 0.2) is 12.4 Å². The van der Waals surface area contributed by atoms with E-state index in [-0.39, 0.29) is 24.5 Å². The molecule has 2 aliphatic rings. The summed E-state index contributed by atoms with van der Waals surface area (Å²) < 4.78 is 7.36. The molecule has 0 spiro atoms. The number of anilines is 1. The number of hydrogen-bond acceptors (Lipinski definition) is 4. The number of nitrogens with one attached hydrogen (secondary N) is 1. The maximum absolute atomic E-state index is 12.0. The number of amides is 2. The molecule has 3 rings (SSSR count). The Morgan fingerprint density at radius 1 is 1.41 bits per heavy atom. The van der Waals surface area contributed by atoms with Gasteiger partial charge in [-0.1, -0.05) is 0 Å². The van der Waals surface area contributed by atoms with Gasteiger partial charge in [0.15, 0.2) is 0 Å². The zero-order chi connectivity index (χ0) is 15.4. The Morgan fingerprint density at radius 2 is 2.32 bits per heavy atom. The molecule has 0 aromatic carbocycles. The van der Waals surface area contributed by atoms with Crippen molar-refractivity contribution in [2.45, 2.75) is 44.8 Å². The smallest absolute Gasteiger partial charge is 0.244 e. The molecule has 3 heterocycles. The van der Waals surface area contributed by atoms with Crippen LogP contribution in [-0.4, -0.2) is 52.3 Å². The molecule has 2 saturated heterocycles. The number of hydrogen-bond donors (Lipinski definition) is 1. The van der Waals surface area contributed by atoms with E-state index in [9.17, 15) is 9.59 Å². The lowest BCUT2D eigenvalue weighted by atomic mass is 10.1. The molecule has 0 radical (unpaired) electrons. The van der Waals surface area contributed by atoms with Gasteiger partial charge in [0.1, 0.15) is 0 Å². The standard InChI is InChI=1S/C15H22N4O3/c20-14(11-18-6-2-1-5-15(18)21)17-12-8-16-19(9-12)10-13-4-3-7-22-13/h8-9,13H,1-7,10-11H2,(H,17,20). The van der Waals surface area contributed by atoms with Crippen LogP contribution in [0.5, 0.6) is 0 Å². The van der Waals surface area contributed by atoms with Crippen molar-refractivity contribution in [3.63, 3.8) is 0 Å². The highest BCUT2D eigenvalue weighted by molar-refractivity contribution is 5.94. The molecule has 7 nitrogen and oxygen atoms in total. The van der Waals surface area contributed by atoms with Crippen molar-refractivity contribution >= 4 is 17.5 Å². The first kappa shape index (κ1) is 15.0. The van der Waals surface area contributed by atoms with Crippen molar-refractivity contribution < 1.29 is 14.3 Å². The van der Waals surface area contributed by atoms with E-state index in [1.54, 1.807) is 22.0 Å². The van der Waals surface area contributed by atoms with Crippen LogP contribution in [0.25, 0.3) is 0 Å². The van der Waals surface area contributed by atoms with Gasteiger partial charge in [-0.2, -0.15) is 5.10 Å². The number of carbonyl (C=O) groups excluding carboxylic acids is 2. The number of nitrogens with zero attached hydrogens (tertiary/aromatic N) is 3. The summed E-state index contributed by atoms with van der Waals surface area (Å²) in [5, 5.41) is 7.03.